The largest absolute Gasteiger partial charge is 0.252 e. The number of halogens is 1. The number of fused-ring (bicyclic) bond motifs is 1. The number of alkyl halides is 1. The van der Waals surface area contributed by atoms with Crippen LogP contribution in [0.3, 0.4) is 0 Å². The Balaban J connectivity index is 1.12. The van der Waals surface area contributed by atoms with Crippen LogP contribution >= 0.6 is 11.8 Å². The Morgan fingerprint density at radius 1 is 0.900 bits per heavy atom. The Hall–Kier alpha value is 0.0400. The number of nitrogens with one attached hydrogen (secondary N) is 4. The second-order valence-corrected chi connectivity index (χ2v) is 11.7. The molecule has 30 heavy (non-hydrogen) atoms. The number of hydrazine groups is 3. The van der Waals surface area contributed by atoms with E-state index in [1.54, 1.807) is 0 Å². The predicted molar refractivity (Wildman–Crippen MR) is 121 cm³/mol. The van der Waals surface area contributed by atoms with Gasteiger partial charge in [0.1, 0.15) is 11.7 Å². The molecule has 3 heterocycles. The van der Waals surface area contributed by atoms with Crippen molar-refractivity contribution in [2.45, 2.75) is 126 Å². The highest BCUT2D eigenvalue weighted by molar-refractivity contribution is 8.00. The van der Waals surface area contributed by atoms with Crippen molar-refractivity contribution >= 4 is 11.8 Å². The van der Waals surface area contributed by atoms with Gasteiger partial charge in [-0.15, -0.1) is 11.8 Å². The van der Waals surface area contributed by atoms with Gasteiger partial charge >= 0.3 is 0 Å². The average Bonchev–Trinajstić information content (AvgIpc) is 3.40. The molecule has 0 amide bonds. The normalized spacial score (nSPS) is 46.5. The monoisotopic (exact) mass is 440 g/mol. The van der Waals surface area contributed by atoms with E-state index in [0.29, 0.717) is 35.7 Å². The SMILES string of the molecule is CC1NN(C2CCCCC2)C(C)C1CCC1NN2C(NNC2C2CCCC(F)C2)S1. The fourth-order valence-electron chi connectivity index (χ4n) is 6.68. The van der Waals surface area contributed by atoms with Gasteiger partial charge in [-0.05, 0) is 70.6 Å². The molecule has 5 aliphatic rings. The summed E-state index contributed by atoms with van der Waals surface area (Å²) in [5.74, 6) is 1.10. The van der Waals surface area contributed by atoms with Crippen molar-refractivity contribution in [1.29, 1.82) is 0 Å². The minimum Gasteiger partial charge on any atom is -0.252 e. The van der Waals surface area contributed by atoms with E-state index in [4.69, 9.17) is 0 Å². The molecular formula is C22H41FN6S. The van der Waals surface area contributed by atoms with Crippen molar-refractivity contribution in [3.8, 4) is 0 Å². The Labute approximate surface area is 185 Å². The van der Waals surface area contributed by atoms with Crippen molar-refractivity contribution in [2.75, 3.05) is 0 Å². The molecule has 0 aromatic rings. The highest BCUT2D eigenvalue weighted by Gasteiger charge is 2.46. The van der Waals surface area contributed by atoms with E-state index in [9.17, 15) is 4.39 Å². The van der Waals surface area contributed by atoms with Crippen LogP contribution in [-0.2, 0) is 0 Å². The second kappa shape index (κ2) is 9.49. The molecule has 172 valence electrons. The van der Waals surface area contributed by atoms with Gasteiger partial charge in [-0.25, -0.2) is 25.7 Å². The lowest BCUT2D eigenvalue weighted by molar-refractivity contribution is 0.0682. The molecule has 0 bridgehead atoms. The van der Waals surface area contributed by atoms with Gasteiger partial charge in [-0.2, -0.15) is 5.01 Å². The van der Waals surface area contributed by atoms with E-state index in [-0.39, 0.29) is 11.7 Å². The third-order valence-corrected chi connectivity index (χ3v) is 9.65. The third-order valence-electron chi connectivity index (χ3n) is 8.37. The molecule has 3 saturated heterocycles. The molecule has 2 saturated carbocycles. The van der Waals surface area contributed by atoms with E-state index < -0.39 is 6.17 Å². The summed E-state index contributed by atoms with van der Waals surface area (Å²) >= 11 is 1.98. The summed E-state index contributed by atoms with van der Waals surface area (Å²) < 4.78 is 13.9. The van der Waals surface area contributed by atoms with Crippen molar-refractivity contribution in [3.63, 3.8) is 0 Å². The molecule has 6 nitrogen and oxygen atoms in total. The summed E-state index contributed by atoms with van der Waals surface area (Å²) in [6.07, 6.45) is 12.5. The smallest absolute Gasteiger partial charge is 0.136 e. The molecular weight excluding hydrogens is 399 g/mol. The lowest BCUT2D eigenvalue weighted by Crippen LogP contribution is -2.50. The first-order valence-electron chi connectivity index (χ1n) is 12.5. The quantitative estimate of drug-likeness (QED) is 0.522. The third kappa shape index (κ3) is 4.43. The van der Waals surface area contributed by atoms with Gasteiger partial charge in [-0.1, -0.05) is 25.7 Å². The maximum atomic E-state index is 13.9. The van der Waals surface area contributed by atoms with Gasteiger partial charge in [0, 0.05) is 18.1 Å². The molecule has 8 atom stereocenters. The molecule has 0 radical (unpaired) electrons. The Morgan fingerprint density at radius 2 is 1.73 bits per heavy atom. The minimum atomic E-state index is -0.624. The van der Waals surface area contributed by atoms with Crippen LogP contribution in [-0.4, -0.2) is 51.4 Å². The molecule has 0 spiro atoms. The van der Waals surface area contributed by atoms with Crippen LogP contribution in [0.25, 0.3) is 0 Å². The predicted octanol–water partition coefficient (Wildman–Crippen LogP) is 3.44. The summed E-state index contributed by atoms with van der Waals surface area (Å²) in [7, 11) is 0. The van der Waals surface area contributed by atoms with E-state index in [0.717, 1.165) is 25.3 Å². The zero-order valence-electron chi connectivity index (χ0n) is 18.7. The zero-order chi connectivity index (χ0) is 20.7. The molecule has 8 heteroatoms. The Bertz CT molecular complexity index is 578. The first-order valence-corrected chi connectivity index (χ1v) is 13.4. The van der Waals surface area contributed by atoms with Crippen molar-refractivity contribution in [2.24, 2.45) is 11.8 Å². The van der Waals surface area contributed by atoms with Crippen LogP contribution in [0.1, 0.15) is 84.5 Å². The van der Waals surface area contributed by atoms with Gasteiger partial charge in [0.25, 0.3) is 0 Å². The molecule has 2 aliphatic carbocycles. The maximum Gasteiger partial charge on any atom is 0.136 e. The number of nitrogens with zero attached hydrogens (tertiary/aromatic N) is 2. The topological polar surface area (TPSA) is 54.6 Å². The van der Waals surface area contributed by atoms with E-state index >= 15 is 0 Å². The summed E-state index contributed by atoms with van der Waals surface area (Å²) in [5, 5.41) is 5.39. The van der Waals surface area contributed by atoms with Gasteiger partial charge < -0.3 is 0 Å². The fourth-order valence-corrected chi connectivity index (χ4v) is 7.90. The lowest BCUT2D eigenvalue weighted by atomic mass is 9.86. The van der Waals surface area contributed by atoms with E-state index in [1.807, 2.05) is 11.8 Å². The fraction of sp³-hybridized carbons (Fsp3) is 1.00. The van der Waals surface area contributed by atoms with Crippen LogP contribution in [0, 0.1) is 11.8 Å². The highest BCUT2D eigenvalue weighted by Crippen LogP contribution is 2.39. The molecule has 3 aliphatic heterocycles. The number of rotatable bonds is 5. The average molecular weight is 441 g/mol. The molecule has 0 aromatic carbocycles. The number of thioether (sulfide) groups is 1. The Morgan fingerprint density at radius 3 is 2.53 bits per heavy atom. The van der Waals surface area contributed by atoms with Crippen LogP contribution in [0.4, 0.5) is 4.39 Å². The van der Waals surface area contributed by atoms with Crippen molar-refractivity contribution < 1.29 is 4.39 Å². The number of hydrogen-bond donors (Lipinski definition) is 4. The highest BCUT2D eigenvalue weighted by atomic mass is 32.2. The first kappa shape index (κ1) is 21.9. The molecule has 4 N–H and O–H groups in total. The number of hydrogen-bond acceptors (Lipinski definition) is 7. The molecule has 5 fully saturated rings. The lowest BCUT2D eigenvalue weighted by Gasteiger charge is -2.35. The van der Waals surface area contributed by atoms with Crippen molar-refractivity contribution in [3.05, 3.63) is 0 Å². The zero-order valence-corrected chi connectivity index (χ0v) is 19.5. The van der Waals surface area contributed by atoms with Crippen LogP contribution in [0.15, 0.2) is 0 Å². The maximum absolute atomic E-state index is 13.9. The summed E-state index contributed by atoms with van der Waals surface area (Å²) in [4.78, 5) is 0. The summed E-state index contributed by atoms with van der Waals surface area (Å²) in [6, 6.07) is 1.91. The molecule has 8 unspecified atom stereocenters. The van der Waals surface area contributed by atoms with E-state index in [1.165, 1.54) is 44.9 Å². The van der Waals surface area contributed by atoms with Gasteiger partial charge in [-0.3, -0.25) is 5.43 Å². The van der Waals surface area contributed by atoms with Crippen LogP contribution in [0.2, 0.25) is 0 Å². The first-order chi connectivity index (χ1) is 14.6. The molecule has 5 rings (SSSR count). The van der Waals surface area contributed by atoms with Crippen molar-refractivity contribution in [1.82, 2.24) is 31.7 Å². The van der Waals surface area contributed by atoms with Crippen LogP contribution < -0.4 is 21.7 Å². The van der Waals surface area contributed by atoms with Gasteiger partial charge in [0.15, 0.2) is 0 Å². The Kier molecular flexibility index (Phi) is 6.92. The van der Waals surface area contributed by atoms with Gasteiger partial charge in [0.05, 0.1) is 11.5 Å². The molecule has 0 aromatic heterocycles. The summed E-state index contributed by atoms with van der Waals surface area (Å²) in [6.45, 7) is 4.80. The second-order valence-electron chi connectivity index (χ2n) is 10.4. The van der Waals surface area contributed by atoms with E-state index in [2.05, 4.69) is 45.6 Å². The summed E-state index contributed by atoms with van der Waals surface area (Å²) in [5.41, 5.74) is 14.7. The standard InChI is InChI=1S/C22H41FN6S/c1-14-19(15(2)28(26-14)18-9-4-3-5-10-18)11-12-20-27-29-21(24-25-22(29)30-20)16-7-6-8-17(23)13-16/h14-22,24-27H,3-13H2,1-2H3. The van der Waals surface area contributed by atoms with Gasteiger partial charge in [0.2, 0.25) is 0 Å². The minimum absolute atomic E-state index is 0.207. The van der Waals surface area contributed by atoms with Crippen LogP contribution in [0.5, 0.6) is 0 Å².